The van der Waals surface area contributed by atoms with Crippen LogP contribution in [0.5, 0.6) is 0 Å². The highest BCUT2D eigenvalue weighted by Crippen LogP contribution is 2.25. The van der Waals surface area contributed by atoms with Gasteiger partial charge < -0.3 is 5.73 Å². The van der Waals surface area contributed by atoms with Crippen molar-refractivity contribution >= 4 is 11.8 Å². The van der Waals surface area contributed by atoms with Gasteiger partial charge in [0, 0.05) is 17.0 Å². The highest BCUT2D eigenvalue weighted by Gasteiger charge is 2.12. The molecular weight excluding hydrogens is 274 g/mol. The van der Waals surface area contributed by atoms with Crippen molar-refractivity contribution in [2.45, 2.75) is 32.1 Å². The molecule has 2 aromatic rings. The average Bonchev–Trinajstić information content (AvgIpc) is 2.53. The number of nitrogens with two attached hydrogens (primary N) is 1. The molecule has 0 spiro atoms. The Morgan fingerprint density at radius 2 is 1.43 bits per heavy atom. The molecule has 0 aromatic heterocycles. The van der Waals surface area contributed by atoms with Gasteiger partial charge in [0.05, 0.1) is 0 Å². The smallest absolute Gasteiger partial charge is 0.0386 e. The molecule has 1 nitrogen and oxygen atoms in total. The molecule has 0 fully saturated rings. The Kier molecular flexibility index (Phi) is 5.89. The van der Waals surface area contributed by atoms with Gasteiger partial charge in [-0.2, -0.15) is 11.8 Å². The van der Waals surface area contributed by atoms with Gasteiger partial charge in [-0.25, -0.2) is 0 Å². The summed E-state index contributed by atoms with van der Waals surface area (Å²) in [5, 5.41) is 0.652. The van der Waals surface area contributed by atoms with E-state index in [1.165, 1.54) is 16.7 Å². The van der Waals surface area contributed by atoms with E-state index in [1.807, 2.05) is 17.8 Å². The molecule has 2 rings (SSSR count). The number of benzene rings is 2. The van der Waals surface area contributed by atoms with Gasteiger partial charge in [-0.15, -0.1) is 0 Å². The van der Waals surface area contributed by atoms with Gasteiger partial charge in [0.1, 0.15) is 0 Å². The van der Waals surface area contributed by atoms with E-state index in [4.69, 9.17) is 5.73 Å². The van der Waals surface area contributed by atoms with Crippen LogP contribution in [0.4, 0.5) is 0 Å². The highest BCUT2D eigenvalue weighted by atomic mass is 32.2. The predicted octanol–water partition coefficient (Wildman–Crippen LogP) is 5.13. The normalized spacial score (nSPS) is 14.1. The molecule has 0 saturated heterocycles. The second-order valence-corrected chi connectivity index (χ2v) is 7.29. The minimum absolute atomic E-state index is 0.112. The number of hydrogen-bond acceptors (Lipinski definition) is 2. The maximum absolute atomic E-state index is 6.31. The summed E-state index contributed by atoms with van der Waals surface area (Å²) in [7, 11) is 0. The molecule has 0 amide bonds. The van der Waals surface area contributed by atoms with Gasteiger partial charge >= 0.3 is 0 Å². The molecule has 0 heterocycles. The number of thioether (sulfide) groups is 1. The minimum Gasteiger partial charge on any atom is -0.323 e. The topological polar surface area (TPSA) is 26.0 Å². The Hall–Kier alpha value is -1.25. The monoisotopic (exact) mass is 299 g/mol. The van der Waals surface area contributed by atoms with Crippen molar-refractivity contribution in [1.82, 2.24) is 0 Å². The van der Waals surface area contributed by atoms with Crippen LogP contribution in [0.2, 0.25) is 0 Å². The lowest BCUT2D eigenvalue weighted by Gasteiger charge is -2.18. The van der Waals surface area contributed by atoms with E-state index >= 15 is 0 Å². The number of rotatable bonds is 6. The van der Waals surface area contributed by atoms with E-state index in [-0.39, 0.29) is 6.04 Å². The molecule has 112 valence electrons. The maximum atomic E-state index is 6.31. The van der Waals surface area contributed by atoms with Crippen molar-refractivity contribution in [2.75, 3.05) is 5.75 Å². The van der Waals surface area contributed by atoms with Crippen LogP contribution in [0.1, 0.15) is 32.4 Å². The summed E-state index contributed by atoms with van der Waals surface area (Å²) in [6.07, 6.45) is 0. The molecule has 0 bridgehead atoms. The summed E-state index contributed by atoms with van der Waals surface area (Å²) in [4.78, 5) is 0. The molecule has 0 aliphatic rings. The fraction of sp³-hybridized carbons (Fsp3) is 0.368. The maximum Gasteiger partial charge on any atom is 0.0386 e. The molecule has 2 atom stereocenters. The summed E-state index contributed by atoms with van der Waals surface area (Å²) in [6.45, 7) is 6.80. The second kappa shape index (κ2) is 7.67. The van der Waals surface area contributed by atoms with E-state index in [2.05, 4.69) is 69.3 Å². The fourth-order valence-electron chi connectivity index (χ4n) is 2.10. The molecule has 21 heavy (non-hydrogen) atoms. The zero-order chi connectivity index (χ0) is 15.2. The third-order valence-corrected chi connectivity index (χ3v) is 5.55. The first kappa shape index (κ1) is 16.1. The van der Waals surface area contributed by atoms with Crippen LogP contribution in [0.25, 0.3) is 11.1 Å². The zero-order valence-electron chi connectivity index (χ0n) is 13.1. The molecule has 2 aromatic carbocycles. The van der Waals surface area contributed by atoms with Crippen molar-refractivity contribution in [3.8, 4) is 11.1 Å². The summed E-state index contributed by atoms with van der Waals surface area (Å²) in [5.74, 6) is 1.67. The lowest BCUT2D eigenvalue weighted by Crippen LogP contribution is -2.16. The predicted molar refractivity (Wildman–Crippen MR) is 95.6 cm³/mol. The third-order valence-electron chi connectivity index (χ3n) is 3.92. The Bertz CT molecular complexity index is 533. The van der Waals surface area contributed by atoms with Crippen molar-refractivity contribution in [1.29, 1.82) is 0 Å². The molecular formula is C19H25NS. The van der Waals surface area contributed by atoms with Gasteiger partial charge in [-0.3, -0.25) is 0 Å². The van der Waals surface area contributed by atoms with Crippen LogP contribution in [-0.2, 0) is 0 Å². The first-order chi connectivity index (χ1) is 10.1. The molecule has 2 unspecified atom stereocenters. The summed E-state index contributed by atoms with van der Waals surface area (Å²) in [6, 6.07) is 19.2. The number of hydrogen-bond donors (Lipinski definition) is 1. The zero-order valence-corrected chi connectivity index (χ0v) is 13.9. The van der Waals surface area contributed by atoms with Crippen LogP contribution >= 0.6 is 11.8 Å². The van der Waals surface area contributed by atoms with Crippen LogP contribution in [0.3, 0.4) is 0 Å². The van der Waals surface area contributed by atoms with Crippen molar-refractivity contribution in [2.24, 2.45) is 11.7 Å². The van der Waals surface area contributed by atoms with Gasteiger partial charge in [0.15, 0.2) is 0 Å². The lowest BCUT2D eigenvalue weighted by atomic mass is 10.0. The lowest BCUT2D eigenvalue weighted by molar-refractivity contribution is 0.640. The summed E-state index contributed by atoms with van der Waals surface area (Å²) < 4.78 is 0. The summed E-state index contributed by atoms with van der Waals surface area (Å²) in [5.41, 5.74) is 10.0. The van der Waals surface area contributed by atoms with E-state index in [9.17, 15) is 0 Å². The van der Waals surface area contributed by atoms with Gasteiger partial charge in [-0.1, -0.05) is 75.4 Å². The van der Waals surface area contributed by atoms with E-state index < -0.39 is 0 Å². The standard InChI is InChI=1S/C19H25NS/c1-14(2)15(3)21-13-19(20)18-11-9-17(10-12-18)16-7-5-4-6-8-16/h4-12,14-15,19H,13,20H2,1-3H3. The first-order valence-electron chi connectivity index (χ1n) is 7.60. The molecule has 0 aliphatic carbocycles. The van der Waals surface area contributed by atoms with E-state index in [1.54, 1.807) is 0 Å². The first-order valence-corrected chi connectivity index (χ1v) is 8.65. The Morgan fingerprint density at radius 1 is 0.857 bits per heavy atom. The third kappa shape index (κ3) is 4.62. The van der Waals surface area contributed by atoms with Crippen molar-refractivity contribution in [3.05, 3.63) is 60.2 Å². The van der Waals surface area contributed by atoms with Gasteiger partial charge in [0.25, 0.3) is 0 Å². The fourth-order valence-corrected chi connectivity index (χ4v) is 3.19. The minimum atomic E-state index is 0.112. The highest BCUT2D eigenvalue weighted by molar-refractivity contribution is 7.99. The van der Waals surface area contributed by atoms with Crippen molar-refractivity contribution < 1.29 is 0 Å². The molecule has 2 N–H and O–H groups in total. The largest absolute Gasteiger partial charge is 0.323 e. The molecule has 2 heteroatoms. The second-order valence-electron chi connectivity index (χ2n) is 5.88. The van der Waals surface area contributed by atoms with Crippen molar-refractivity contribution in [3.63, 3.8) is 0 Å². The Morgan fingerprint density at radius 3 is 2.00 bits per heavy atom. The quantitative estimate of drug-likeness (QED) is 0.800. The van der Waals surface area contributed by atoms with Crippen LogP contribution in [0.15, 0.2) is 54.6 Å². The van der Waals surface area contributed by atoms with Crippen LogP contribution in [0, 0.1) is 5.92 Å². The van der Waals surface area contributed by atoms with Gasteiger partial charge in [0.2, 0.25) is 0 Å². The molecule has 0 aliphatic heterocycles. The molecule has 0 radical (unpaired) electrons. The Labute approximate surface area is 133 Å². The van der Waals surface area contributed by atoms with Gasteiger partial charge in [-0.05, 0) is 22.6 Å². The van der Waals surface area contributed by atoms with Crippen LogP contribution < -0.4 is 5.73 Å². The molecule has 0 saturated carbocycles. The van der Waals surface area contributed by atoms with Crippen LogP contribution in [-0.4, -0.2) is 11.0 Å². The van der Waals surface area contributed by atoms with E-state index in [0.717, 1.165) is 5.75 Å². The summed E-state index contributed by atoms with van der Waals surface area (Å²) >= 11 is 1.96. The SMILES string of the molecule is CC(C)C(C)SCC(N)c1ccc(-c2ccccc2)cc1. The average molecular weight is 299 g/mol. The Balaban J connectivity index is 1.99. The van der Waals surface area contributed by atoms with E-state index in [0.29, 0.717) is 11.2 Å².